The average molecular weight is 453 g/mol. The molecule has 0 spiro atoms. The molecule has 0 bridgehead atoms. The molecule has 3 heterocycles. The summed E-state index contributed by atoms with van der Waals surface area (Å²) in [5.41, 5.74) is 2.69. The minimum atomic E-state index is 0.360. The summed E-state index contributed by atoms with van der Waals surface area (Å²) in [6.45, 7) is 14.1. The zero-order valence-corrected chi connectivity index (χ0v) is 21.1. The first-order valence-electron chi connectivity index (χ1n) is 12.2. The fraction of sp³-hybridized carbons (Fsp3) is 0.379. The van der Waals surface area contributed by atoms with Gasteiger partial charge in [0, 0.05) is 12.8 Å². The van der Waals surface area contributed by atoms with Gasteiger partial charge in [-0.1, -0.05) is 90.1 Å². The Morgan fingerprint density at radius 1 is 0.424 bits per heavy atom. The van der Waals surface area contributed by atoms with E-state index in [1.165, 1.54) is 11.1 Å². The minimum Gasteiger partial charge on any atom is -0.493 e. The summed E-state index contributed by atoms with van der Waals surface area (Å²) in [5.74, 6) is 3.82. The maximum absolute atomic E-state index is 5.30. The number of fused-ring (bicyclic) bond motifs is 3. The molecule has 6 rings (SSSR count). The van der Waals surface area contributed by atoms with Gasteiger partial charge in [-0.25, -0.2) is 0 Å². The predicted molar refractivity (Wildman–Crippen MR) is 138 cm³/mol. The van der Waals surface area contributed by atoms with Crippen molar-refractivity contribution >= 4 is 0 Å². The van der Waals surface area contributed by atoms with Crippen molar-refractivity contribution < 1.29 is 18.9 Å². The third kappa shape index (κ3) is 9.09. The summed E-state index contributed by atoms with van der Waals surface area (Å²) in [5, 5.41) is 0. The lowest BCUT2D eigenvalue weighted by Gasteiger charge is -1.93. The van der Waals surface area contributed by atoms with E-state index in [4.69, 9.17) is 18.9 Å². The Bertz CT molecular complexity index is 705. The fourth-order valence-electron chi connectivity index (χ4n) is 3.09. The summed E-state index contributed by atoms with van der Waals surface area (Å²) in [4.78, 5) is 0. The first kappa shape index (κ1) is 27.9. The maximum Gasteiger partial charge on any atom is 0.231 e. The molecule has 33 heavy (non-hydrogen) atoms. The van der Waals surface area contributed by atoms with Crippen LogP contribution in [0.5, 0.6) is 23.0 Å². The number of hydrogen-bond donors (Lipinski definition) is 0. The molecular weight excluding hydrogens is 412 g/mol. The van der Waals surface area contributed by atoms with Gasteiger partial charge in [-0.05, 0) is 35.4 Å². The Balaban J connectivity index is 0.000000222. The molecular formula is C29H40O4. The van der Waals surface area contributed by atoms with Crippen molar-refractivity contribution in [3.63, 3.8) is 0 Å². The molecule has 4 nitrogen and oxygen atoms in total. The Labute approximate surface area is 200 Å². The van der Waals surface area contributed by atoms with E-state index in [1.54, 1.807) is 0 Å². The van der Waals surface area contributed by atoms with Crippen molar-refractivity contribution in [1.29, 1.82) is 0 Å². The smallest absolute Gasteiger partial charge is 0.231 e. The molecule has 0 aromatic heterocycles. The average Bonchev–Trinajstić information content (AvgIpc) is 3.69. The highest BCUT2D eigenvalue weighted by atomic mass is 16.7. The lowest BCUT2D eigenvalue weighted by molar-refractivity contribution is 0.174. The van der Waals surface area contributed by atoms with E-state index < -0.39 is 0 Å². The topological polar surface area (TPSA) is 36.9 Å². The van der Waals surface area contributed by atoms with Crippen molar-refractivity contribution in [3.05, 3.63) is 83.9 Å². The third-order valence-corrected chi connectivity index (χ3v) is 4.48. The quantitative estimate of drug-likeness (QED) is 0.350. The van der Waals surface area contributed by atoms with Crippen LogP contribution in [0, 0.1) is 0 Å². The number of hydrogen-bond acceptors (Lipinski definition) is 4. The summed E-state index contributed by atoms with van der Waals surface area (Å²) >= 11 is 0. The van der Waals surface area contributed by atoms with Crippen LogP contribution in [0.1, 0.15) is 52.7 Å². The van der Waals surface area contributed by atoms with Crippen LogP contribution in [0.4, 0.5) is 0 Å². The summed E-state index contributed by atoms with van der Waals surface area (Å²) in [6, 6.07) is 24.0. The van der Waals surface area contributed by atoms with Gasteiger partial charge in [-0.2, -0.15) is 0 Å². The zero-order chi connectivity index (χ0) is 24.3. The van der Waals surface area contributed by atoms with Crippen molar-refractivity contribution in [1.82, 2.24) is 0 Å². The van der Waals surface area contributed by atoms with Gasteiger partial charge in [0.25, 0.3) is 0 Å². The zero-order valence-electron chi connectivity index (χ0n) is 21.1. The van der Waals surface area contributed by atoms with Crippen LogP contribution in [0.3, 0.4) is 0 Å². The molecule has 0 atom stereocenters. The highest BCUT2D eigenvalue weighted by Gasteiger charge is 2.10. The first-order chi connectivity index (χ1) is 16.4. The van der Waals surface area contributed by atoms with Crippen LogP contribution in [0.25, 0.3) is 0 Å². The molecule has 3 aliphatic heterocycles. The van der Waals surface area contributed by atoms with E-state index in [1.807, 2.05) is 102 Å². The van der Waals surface area contributed by atoms with Gasteiger partial charge in [0.05, 0.1) is 13.2 Å². The molecule has 180 valence electrons. The summed E-state index contributed by atoms with van der Waals surface area (Å²) < 4.78 is 20.7. The number of para-hydroxylation sites is 4. The Kier molecular flexibility index (Phi) is 14.7. The van der Waals surface area contributed by atoms with Crippen LogP contribution in [0.2, 0.25) is 0 Å². The van der Waals surface area contributed by atoms with E-state index in [9.17, 15) is 0 Å². The Morgan fingerprint density at radius 2 is 0.758 bits per heavy atom. The van der Waals surface area contributed by atoms with E-state index in [0.29, 0.717) is 6.79 Å². The molecule has 0 amide bonds. The third-order valence-electron chi connectivity index (χ3n) is 4.48. The highest BCUT2D eigenvalue weighted by Crippen LogP contribution is 2.30. The summed E-state index contributed by atoms with van der Waals surface area (Å²) in [6.07, 6.45) is 2.16. The second kappa shape index (κ2) is 17.4. The molecule has 0 aliphatic carbocycles. The van der Waals surface area contributed by atoms with Crippen LogP contribution in [-0.2, 0) is 12.8 Å². The van der Waals surface area contributed by atoms with Crippen LogP contribution < -0.4 is 18.9 Å². The SMILES string of the molecule is CC.CC.CC.c1ccc2c(c1)CCO2.c1ccc2c(c1)CCO2.c1ccc2c(c1)OCO2. The molecule has 0 saturated carbocycles. The van der Waals surface area contributed by atoms with Gasteiger partial charge in [0.1, 0.15) is 11.5 Å². The molecule has 3 aliphatic rings. The normalized spacial score (nSPS) is 12.3. The molecule has 3 aromatic rings. The minimum absolute atomic E-state index is 0.360. The van der Waals surface area contributed by atoms with Crippen molar-refractivity contribution in [2.24, 2.45) is 0 Å². The highest BCUT2D eigenvalue weighted by molar-refractivity contribution is 5.41. The molecule has 0 N–H and O–H groups in total. The molecule has 0 radical (unpaired) electrons. The fourth-order valence-corrected chi connectivity index (χ4v) is 3.09. The Morgan fingerprint density at radius 3 is 1.12 bits per heavy atom. The van der Waals surface area contributed by atoms with Gasteiger partial charge >= 0.3 is 0 Å². The summed E-state index contributed by atoms with van der Waals surface area (Å²) in [7, 11) is 0. The van der Waals surface area contributed by atoms with Gasteiger partial charge in [-0.3, -0.25) is 0 Å². The monoisotopic (exact) mass is 452 g/mol. The lowest BCUT2D eigenvalue weighted by Crippen LogP contribution is -1.92. The van der Waals surface area contributed by atoms with Gasteiger partial charge < -0.3 is 18.9 Å². The number of ether oxygens (including phenoxy) is 4. The van der Waals surface area contributed by atoms with E-state index in [-0.39, 0.29) is 0 Å². The van der Waals surface area contributed by atoms with E-state index in [0.717, 1.165) is 49.1 Å². The molecule has 4 heteroatoms. The van der Waals surface area contributed by atoms with Crippen LogP contribution in [-0.4, -0.2) is 20.0 Å². The Hall–Kier alpha value is -3.14. The second-order valence-corrected chi connectivity index (χ2v) is 6.27. The number of benzene rings is 3. The van der Waals surface area contributed by atoms with Crippen LogP contribution in [0.15, 0.2) is 72.8 Å². The molecule has 3 aromatic carbocycles. The van der Waals surface area contributed by atoms with Gasteiger partial charge in [0.2, 0.25) is 6.79 Å². The van der Waals surface area contributed by atoms with E-state index >= 15 is 0 Å². The van der Waals surface area contributed by atoms with Gasteiger partial charge in [0.15, 0.2) is 11.5 Å². The van der Waals surface area contributed by atoms with Crippen LogP contribution >= 0.6 is 0 Å². The molecule has 0 fully saturated rings. The van der Waals surface area contributed by atoms with Crippen molar-refractivity contribution in [2.45, 2.75) is 54.4 Å². The lowest BCUT2D eigenvalue weighted by atomic mass is 10.2. The van der Waals surface area contributed by atoms with Crippen molar-refractivity contribution in [3.8, 4) is 23.0 Å². The van der Waals surface area contributed by atoms with E-state index in [2.05, 4.69) is 12.1 Å². The standard InChI is InChI=1S/2C8H8O.C7H6O2.3C2H6/c2*1-2-4-8-7(3-1)5-6-9-8;1-2-4-7-6(3-1)8-5-9-7;3*1-2/h2*1-4H,5-6H2;1-4H,5H2;3*1-2H3. The van der Waals surface area contributed by atoms with Crippen molar-refractivity contribution in [2.75, 3.05) is 20.0 Å². The predicted octanol–water partition coefficient (Wildman–Crippen LogP) is 7.74. The maximum atomic E-state index is 5.30. The van der Waals surface area contributed by atoms with Gasteiger partial charge in [-0.15, -0.1) is 0 Å². The second-order valence-electron chi connectivity index (χ2n) is 6.27. The first-order valence-corrected chi connectivity index (χ1v) is 12.2. The largest absolute Gasteiger partial charge is 0.493 e. The molecule has 0 saturated heterocycles. The number of rotatable bonds is 0. The molecule has 0 unspecified atom stereocenters.